The van der Waals surface area contributed by atoms with Crippen molar-refractivity contribution in [2.24, 2.45) is 15.0 Å². The van der Waals surface area contributed by atoms with Crippen LogP contribution in [0, 0.1) is 0 Å². The lowest BCUT2D eigenvalue weighted by Gasteiger charge is -2.17. The van der Waals surface area contributed by atoms with E-state index in [0.717, 1.165) is 91.0 Å². The lowest BCUT2D eigenvalue weighted by atomic mass is 10.2. The van der Waals surface area contributed by atoms with Gasteiger partial charge >= 0.3 is 0 Å². The molecule has 0 amide bonds. The first kappa shape index (κ1) is 38.9. The Bertz CT molecular complexity index is 1860. The fraction of sp³-hybridized carbons (Fsp3) is 0.303. The molecule has 7 rings (SSSR count). The molecule has 12 nitrogen and oxygen atoms in total. The maximum absolute atomic E-state index is 6.30. The Morgan fingerprint density at radius 1 is 0.725 bits per heavy atom. The van der Waals surface area contributed by atoms with Crippen molar-refractivity contribution in [1.29, 1.82) is 0 Å². The fourth-order valence-electron chi connectivity index (χ4n) is 4.90. The van der Waals surface area contributed by atoms with Gasteiger partial charge < -0.3 is 36.8 Å². The van der Waals surface area contributed by atoms with Gasteiger partial charge in [0.05, 0.1) is 66.8 Å². The van der Waals surface area contributed by atoms with E-state index in [1.807, 2.05) is 31.3 Å². The molecule has 0 fully saturated rings. The van der Waals surface area contributed by atoms with Crippen molar-refractivity contribution in [3.05, 3.63) is 85.0 Å². The first-order valence-corrected chi connectivity index (χ1v) is 18.8. The minimum Gasteiger partial charge on any atom is -0.354 e. The molecule has 6 N–H and O–H groups in total. The van der Waals surface area contributed by atoms with Gasteiger partial charge in [-0.15, -0.1) is 11.6 Å². The molecule has 0 aliphatic carbocycles. The van der Waals surface area contributed by atoms with Gasteiger partial charge in [-0.25, -0.2) is 0 Å². The molecule has 270 valence electrons. The van der Waals surface area contributed by atoms with Crippen LogP contribution >= 0.6 is 73.9 Å². The van der Waals surface area contributed by atoms with Crippen LogP contribution in [-0.4, -0.2) is 91.5 Å². The van der Waals surface area contributed by atoms with Crippen molar-refractivity contribution in [3.63, 3.8) is 0 Å². The van der Waals surface area contributed by atoms with Gasteiger partial charge in [-0.1, -0.05) is 52.5 Å². The Morgan fingerprint density at radius 3 is 1.78 bits per heavy atom. The fourth-order valence-corrected chi connectivity index (χ4v) is 6.84. The zero-order valence-corrected chi connectivity index (χ0v) is 32.9. The number of nitrogens with one attached hydrogen (secondary N) is 6. The highest BCUT2D eigenvalue weighted by atomic mass is 79.9. The average molecular weight is 858 g/mol. The highest BCUT2D eigenvalue weighted by Gasteiger charge is 2.14. The van der Waals surface area contributed by atoms with Gasteiger partial charge in [0.2, 0.25) is 0 Å². The van der Waals surface area contributed by atoms with Crippen molar-refractivity contribution in [1.82, 2.24) is 30.8 Å². The van der Waals surface area contributed by atoms with E-state index in [1.54, 1.807) is 30.6 Å². The summed E-state index contributed by atoms with van der Waals surface area (Å²) in [4.78, 5) is 23.4. The van der Waals surface area contributed by atoms with Crippen LogP contribution in [0.3, 0.4) is 0 Å². The topological polar surface area (TPSA) is 138 Å². The Balaban J connectivity index is 0.000000150. The van der Waals surface area contributed by atoms with Crippen molar-refractivity contribution >= 4 is 120 Å². The van der Waals surface area contributed by atoms with Gasteiger partial charge in [-0.2, -0.15) is 0 Å². The number of halogens is 6. The Labute approximate surface area is 330 Å². The first-order valence-electron chi connectivity index (χ1n) is 15.9. The second-order valence-corrected chi connectivity index (χ2v) is 14.0. The summed E-state index contributed by atoms with van der Waals surface area (Å²) in [5.41, 5.74) is 5.09. The lowest BCUT2D eigenvalue weighted by molar-refractivity contribution is 0.348. The molecule has 51 heavy (non-hydrogen) atoms. The molecule has 18 heteroatoms. The third kappa shape index (κ3) is 11.3. The number of aliphatic imine (C=N–C) groups is 3. The van der Waals surface area contributed by atoms with E-state index in [9.17, 15) is 0 Å². The normalized spacial score (nSPS) is 14.5. The van der Waals surface area contributed by atoms with Crippen LogP contribution in [0.1, 0.15) is 5.56 Å². The monoisotopic (exact) mass is 854 g/mol. The number of aromatic nitrogens is 2. The minimum absolute atomic E-state index is 0.586. The van der Waals surface area contributed by atoms with Gasteiger partial charge in [0, 0.05) is 51.0 Å². The Morgan fingerprint density at radius 2 is 1.25 bits per heavy atom. The lowest BCUT2D eigenvalue weighted by Crippen LogP contribution is -2.26. The molecule has 0 unspecified atom stereocenters. The zero-order valence-electron chi connectivity index (χ0n) is 27.5. The van der Waals surface area contributed by atoms with Crippen molar-refractivity contribution in [2.45, 2.75) is 6.54 Å². The second kappa shape index (κ2) is 19.5. The summed E-state index contributed by atoms with van der Waals surface area (Å²) in [6.07, 6.45) is 3.37. The molecular weight excluding hydrogens is 822 g/mol. The van der Waals surface area contributed by atoms with E-state index in [-0.39, 0.29) is 0 Å². The summed E-state index contributed by atoms with van der Waals surface area (Å²) >= 11 is 33.8. The predicted octanol–water partition coefficient (Wildman–Crippen LogP) is 7.16. The van der Waals surface area contributed by atoms with E-state index in [0.29, 0.717) is 43.3 Å². The van der Waals surface area contributed by atoms with Crippen LogP contribution in [0.5, 0.6) is 0 Å². The number of benzene rings is 3. The van der Waals surface area contributed by atoms with E-state index in [2.05, 4.69) is 77.7 Å². The van der Waals surface area contributed by atoms with Crippen LogP contribution < -0.4 is 31.9 Å². The second-order valence-electron chi connectivity index (χ2n) is 11.2. The van der Waals surface area contributed by atoms with Gasteiger partial charge in [0.1, 0.15) is 5.52 Å². The molecule has 4 heterocycles. The Kier molecular flexibility index (Phi) is 14.9. The Hall–Kier alpha value is -3.30. The summed E-state index contributed by atoms with van der Waals surface area (Å²) in [5.74, 6) is 2.83. The maximum atomic E-state index is 6.30. The number of para-hydroxylation sites is 1. The van der Waals surface area contributed by atoms with Gasteiger partial charge in [-0.3, -0.25) is 24.9 Å². The molecule has 3 aliphatic heterocycles. The van der Waals surface area contributed by atoms with Crippen LogP contribution in [0.15, 0.2) is 74.3 Å². The molecule has 0 bridgehead atoms. The number of hydrogen-bond acceptors (Lipinski definition) is 12. The molecule has 0 atom stereocenters. The number of guanidine groups is 3. The van der Waals surface area contributed by atoms with E-state index in [1.165, 1.54) is 0 Å². The van der Waals surface area contributed by atoms with E-state index in [4.69, 9.17) is 58.0 Å². The standard InChI is InChI=1S/C13H17Cl3N4.C11H10BrN5.C9H9Cl2N3/c1-20(5-2-14)8-9-6-10(15)12(11(16)7-9)19-13-17-3-4-18-13;12-9-7(17-11-15-5-6-16-11)1-2-8-10(9)14-4-3-13-8;10-6-2-1-3-7(11)8(6)14-9-12-4-5-13-9/h6-7H,2-5,8H2,1H3,(H2,17,18,19);1-4H,5-6H2,(H2,15,16,17);1-3H,4-5H2,(H2,12,13,14). The van der Waals surface area contributed by atoms with Crippen molar-refractivity contribution in [2.75, 3.05) is 74.7 Å². The van der Waals surface area contributed by atoms with E-state index >= 15 is 0 Å². The summed E-state index contributed by atoms with van der Waals surface area (Å²) in [7, 11) is 2.01. The highest BCUT2D eigenvalue weighted by molar-refractivity contribution is 9.10. The van der Waals surface area contributed by atoms with Crippen molar-refractivity contribution in [3.8, 4) is 0 Å². The molecule has 4 aromatic rings. The number of alkyl halides is 1. The molecule has 1 aromatic heterocycles. The van der Waals surface area contributed by atoms with Crippen LogP contribution in [0.4, 0.5) is 17.1 Å². The average Bonchev–Trinajstić information content (AvgIpc) is 3.92. The van der Waals surface area contributed by atoms with Crippen LogP contribution in [0.2, 0.25) is 20.1 Å². The highest BCUT2D eigenvalue weighted by Crippen LogP contribution is 2.33. The van der Waals surface area contributed by atoms with Gasteiger partial charge in [-0.05, 0) is 64.9 Å². The maximum Gasteiger partial charge on any atom is 0.196 e. The molecule has 0 radical (unpaired) electrons. The predicted molar refractivity (Wildman–Crippen MR) is 219 cm³/mol. The molecule has 3 aliphatic rings. The number of anilines is 3. The molecule has 0 saturated heterocycles. The molecule has 0 spiro atoms. The first-order chi connectivity index (χ1) is 24.7. The summed E-state index contributed by atoms with van der Waals surface area (Å²) in [6.45, 7) is 6.50. The molecule has 0 saturated carbocycles. The number of nitrogens with zero attached hydrogens (tertiary/aromatic N) is 6. The number of rotatable bonds is 7. The smallest absolute Gasteiger partial charge is 0.196 e. The van der Waals surface area contributed by atoms with Gasteiger partial charge in [0.25, 0.3) is 0 Å². The zero-order chi connectivity index (χ0) is 36.2. The number of fused-ring (bicyclic) bond motifs is 1. The quantitative estimate of drug-likeness (QED) is 0.107. The summed E-state index contributed by atoms with van der Waals surface area (Å²) in [5, 5.41) is 21.1. The third-order valence-electron chi connectivity index (χ3n) is 7.32. The summed E-state index contributed by atoms with van der Waals surface area (Å²) in [6, 6.07) is 13.1. The van der Waals surface area contributed by atoms with Gasteiger partial charge in [0.15, 0.2) is 17.9 Å². The number of hydrogen-bond donors (Lipinski definition) is 6. The summed E-state index contributed by atoms with van der Waals surface area (Å²) < 4.78 is 0.902. The largest absolute Gasteiger partial charge is 0.354 e. The molecular formula is C33H36BrCl5N12. The SMILES string of the molecule is Brc1c(NC2=NCCN2)ccc2nccnc12.CN(CCCl)Cc1cc(Cl)c(NC2=NCCN2)c(Cl)c1.Clc1cccc(Cl)c1NC1=NCCN1. The molecule has 3 aromatic carbocycles. The van der Waals surface area contributed by atoms with Crippen LogP contribution in [0.25, 0.3) is 11.0 Å². The van der Waals surface area contributed by atoms with E-state index < -0.39 is 0 Å². The van der Waals surface area contributed by atoms with Crippen LogP contribution in [-0.2, 0) is 6.54 Å². The third-order valence-corrected chi connectivity index (χ3v) is 9.52. The minimum atomic E-state index is 0.586. The van der Waals surface area contributed by atoms with Crippen molar-refractivity contribution < 1.29 is 0 Å².